The van der Waals surface area contributed by atoms with Gasteiger partial charge in [0.2, 0.25) is 5.95 Å². The Bertz CT molecular complexity index is 782. The smallest absolute Gasteiger partial charge is 0.225 e. The molecule has 21 heavy (non-hydrogen) atoms. The van der Waals surface area contributed by atoms with E-state index in [1.54, 1.807) is 6.33 Å². The number of nitrogen functional groups attached to an aromatic ring is 1. The number of fused-ring (bicyclic) bond motifs is 1. The maximum atomic E-state index is 5.98. The third kappa shape index (κ3) is 3.13. The van der Waals surface area contributed by atoms with Crippen LogP contribution in [0.3, 0.4) is 0 Å². The van der Waals surface area contributed by atoms with Crippen LogP contribution in [0.1, 0.15) is 5.69 Å². The van der Waals surface area contributed by atoms with Crippen molar-refractivity contribution >= 4 is 38.6 Å². The summed E-state index contributed by atoms with van der Waals surface area (Å²) in [6.45, 7) is 0.707. The number of rotatable bonds is 4. The zero-order chi connectivity index (χ0) is 14.8. The van der Waals surface area contributed by atoms with E-state index in [4.69, 9.17) is 5.73 Å². The topological polar surface area (TPSA) is 81.7 Å². The van der Waals surface area contributed by atoms with E-state index < -0.39 is 0 Å². The molecule has 0 atom stereocenters. The summed E-state index contributed by atoms with van der Waals surface area (Å²) in [5.41, 5.74) is 7.84. The molecule has 0 bridgehead atoms. The highest BCUT2D eigenvalue weighted by atomic mass is 79.9. The molecular formula is C14H15BrN6. The lowest BCUT2D eigenvalue weighted by Crippen LogP contribution is -2.09. The van der Waals surface area contributed by atoms with Gasteiger partial charge >= 0.3 is 0 Å². The summed E-state index contributed by atoms with van der Waals surface area (Å²) in [5, 5.41) is 4.03. The summed E-state index contributed by atoms with van der Waals surface area (Å²) in [6, 6.07) is 5.77. The summed E-state index contributed by atoms with van der Waals surface area (Å²) in [5.74, 6) is 1.01. The molecule has 0 saturated carbocycles. The summed E-state index contributed by atoms with van der Waals surface area (Å²) in [7, 11) is 1.95. The fraction of sp³-hybridized carbons (Fsp3) is 0.214. The molecule has 2 heterocycles. The number of aromatic nitrogens is 4. The minimum absolute atomic E-state index is 0.474. The number of anilines is 2. The van der Waals surface area contributed by atoms with Crippen LogP contribution in [0.5, 0.6) is 0 Å². The van der Waals surface area contributed by atoms with Crippen molar-refractivity contribution in [3.8, 4) is 0 Å². The fourth-order valence-corrected chi connectivity index (χ4v) is 2.46. The predicted octanol–water partition coefficient (Wildman–Crippen LogP) is 2.36. The number of nitrogens with zero attached hydrogens (tertiary/aromatic N) is 4. The van der Waals surface area contributed by atoms with Crippen LogP contribution in [0.25, 0.3) is 10.9 Å². The first-order valence-corrected chi connectivity index (χ1v) is 7.34. The summed E-state index contributed by atoms with van der Waals surface area (Å²) in [6.07, 6.45) is 4.59. The van der Waals surface area contributed by atoms with Gasteiger partial charge in [0.15, 0.2) is 0 Å². The van der Waals surface area contributed by atoms with E-state index in [-0.39, 0.29) is 0 Å². The number of nitrogens with one attached hydrogen (secondary N) is 1. The normalized spacial score (nSPS) is 11.0. The van der Waals surface area contributed by atoms with E-state index in [0.29, 0.717) is 18.3 Å². The Balaban J connectivity index is 1.73. The van der Waals surface area contributed by atoms with Crippen LogP contribution < -0.4 is 11.1 Å². The van der Waals surface area contributed by atoms with E-state index in [0.717, 1.165) is 27.5 Å². The maximum absolute atomic E-state index is 5.98. The van der Waals surface area contributed by atoms with Crippen molar-refractivity contribution in [1.29, 1.82) is 0 Å². The first kappa shape index (κ1) is 13.8. The van der Waals surface area contributed by atoms with Gasteiger partial charge in [-0.2, -0.15) is 4.98 Å². The quantitative estimate of drug-likeness (QED) is 0.757. The molecule has 0 spiro atoms. The second kappa shape index (κ2) is 5.69. The molecule has 3 aromatic rings. The van der Waals surface area contributed by atoms with E-state index in [2.05, 4.69) is 36.2 Å². The first-order chi connectivity index (χ1) is 10.1. The number of imidazole rings is 1. The maximum Gasteiger partial charge on any atom is 0.225 e. The van der Waals surface area contributed by atoms with Gasteiger partial charge in [0.05, 0.1) is 17.5 Å². The SMILES string of the molecule is Cn1cnc(CCNc2nc(N)c3cc(Br)ccc3n2)c1. The van der Waals surface area contributed by atoms with Gasteiger partial charge in [-0.15, -0.1) is 0 Å². The highest BCUT2D eigenvalue weighted by Gasteiger charge is 2.06. The second-order valence-electron chi connectivity index (χ2n) is 4.80. The van der Waals surface area contributed by atoms with Crippen LogP contribution in [0.2, 0.25) is 0 Å². The minimum atomic E-state index is 0.474. The van der Waals surface area contributed by atoms with Crippen molar-refractivity contribution in [3.05, 3.63) is 40.9 Å². The van der Waals surface area contributed by atoms with Gasteiger partial charge in [-0.1, -0.05) is 15.9 Å². The van der Waals surface area contributed by atoms with E-state index in [1.807, 2.05) is 36.0 Å². The van der Waals surface area contributed by atoms with Gasteiger partial charge in [0.25, 0.3) is 0 Å². The van der Waals surface area contributed by atoms with Crippen LogP contribution in [-0.4, -0.2) is 26.1 Å². The van der Waals surface area contributed by atoms with Gasteiger partial charge in [0, 0.05) is 36.1 Å². The number of nitrogens with two attached hydrogens (primary N) is 1. The molecule has 3 N–H and O–H groups in total. The molecule has 0 aliphatic heterocycles. The third-order valence-electron chi connectivity index (χ3n) is 3.11. The van der Waals surface area contributed by atoms with Crippen LogP contribution >= 0.6 is 15.9 Å². The molecule has 0 aliphatic carbocycles. The Morgan fingerprint density at radius 3 is 2.95 bits per heavy atom. The highest BCUT2D eigenvalue weighted by Crippen LogP contribution is 2.23. The number of aryl methyl sites for hydroxylation is 1. The number of benzene rings is 1. The van der Waals surface area contributed by atoms with Crippen molar-refractivity contribution in [3.63, 3.8) is 0 Å². The Labute approximate surface area is 130 Å². The van der Waals surface area contributed by atoms with E-state index in [1.165, 1.54) is 0 Å². The van der Waals surface area contributed by atoms with Crippen LogP contribution in [0.15, 0.2) is 35.2 Å². The molecule has 108 valence electrons. The second-order valence-corrected chi connectivity index (χ2v) is 5.72. The lowest BCUT2D eigenvalue weighted by atomic mass is 10.2. The summed E-state index contributed by atoms with van der Waals surface area (Å²) in [4.78, 5) is 13.0. The van der Waals surface area contributed by atoms with Crippen LogP contribution in [0, 0.1) is 0 Å². The Morgan fingerprint density at radius 2 is 2.19 bits per heavy atom. The van der Waals surface area contributed by atoms with Crippen molar-refractivity contribution in [2.24, 2.45) is 7.05 Å². The van der Waals surface area contributed by atoms with Gasteiger partial charge in [-0.25, -0.2) is 9.97 Å². The molecule has 0 fully saturated rings. The molecule has 1 aromatic carbocycles. The zero-order valence-corrected chi connectivity index (χ0v) is 13.1. The molecule has 0 saturated heterocycles. The van der Waals surface area contributed by atoms with E-state index in [9.17, 15) is 0 Å². The molecule has 0 aliphatic rings. The summed E-state index contributed by atoms with van der Waals surface area (Å²) < 4.78 is 2.89. The lowest BCUT2D eigenvalue weighted by molar-refractivity contribution is 0.909. The van der Waals surface area contributed by atoms with Crippen molar-refractivity contribution < 1.29 is 0 Å². The molecule has 0 unspecified atom stereocenters. The first-order valence-electron chi connectivity index (χ1n) is 6.55. The minimum Gasteiger partial charge on any atom is -0.383 e. The number of hydrogen-bond donors (Lipinski definition) is 2. The van der Waals surface area contributed by atoms with Crippen molar-refractivity contribution in [2.75, 3.05) is 17.6 Å². The molecule has 7 heteroatoms. The monoisotopic (exact) mass is 346 g/mol. The predicted molar refractivity (Wildman–Crippen MR) is 87.1 cm³/mol. The molecule has 6 nitrogen and oxygen atoms in total. The van der Waals surface area contributed by atoms with Crippen molar-refractivity contribution in [1.82, 2.24) is 19.5 Å². The number of hydrogen-bond acceptors (Lipinski definition) is 5. The standard InChI is InChI=1S/C14H15BrN6/c1-21-7-10(18-8-21)4-5-17-14-19-12-3-2-9(15)6-11(12)13(16)20-14/h2-3,6-8H,4-5H2,1H3,(H3,16,17,19,20). The van der Waals surface area contributed by atoms with E-state index >= 15 is 0 Å². The Morgan fingerprint density at radius 1 is 1.33 bits per heavy atom. The Kier molecular flexibility index (Phi) is 3.74. The molecule has 2 aromatic heterocycles. The highest BCUT2D eigenvalue weighted by molar-refractivity contribution is 9.10. The summed E-state index contributed by atoms with van der Waals surface area (Å²) >= 11 is 3.42. The van der Waals surface area contributed by atoms with Gasteiger partial charge in [-0.05, 0) is 18.2 Å². The average Bonchev–Trinajstić information content (AvgIpc) is 2.85. The zero-order valence-electron chi connectivity index (χ0n) is 11.5. The van der Waals surface area contributed by atoms with Gasteiger partial charge < -0.3 is 15.6 Å². The van der Waals surface area contributed by atoms with Crippen molar-refractivity contribution in [2.45, 2.75) is 6.42 Å². The lowest BCUT2D eigenvalue weighted by Gasteiger charge is -2.07. The Hall–Kier alpha value is -2.15. The van der Waals surface area contributed by atoms with Crippen LogP contribution in [0.4, 0.5) is 11.8 Å². The fourth-order valence-electron chi connectivity index (χ4n) is 2.10. The molecule has 0 radical (unpaired) electrons. The van der Waals surface area contributed by atoms with Crippen LogP contribution in [-0.2, 0) is 13.5 Å². The average molecular weight is 347 g/mol. The third-order valence-corrected chi connectivity index (χ3v) is 3.60. The van der Waals surface area contributed by atoms with Gasteiger partial charge in [-0.3, -0.25) is 0 Å². The largest absolute Gasteiger partial charge is 0.383 e. The molecular weight excluding hydrogens is 332 g/mol. The number of halogens is 1. The molecule has 0 amide bonds. The van der Waals surface area contributed by atoms with Gasteiger partial charge in [0.1, 0.15) is 5.82 Å². The molecule has 3 rings (SSSR count).